The number of ether oxygens (including phenoxy) is 2. The van der Waals surface area contributed by atoms with Gasteiger partial charge in [-0.25, -0.2) is 0 Å². The van der Waals surface area contributed by atoms with Crippen LogP contribution in [0.4, 0.5) is 0 Å². The fraction of sp³-hybridized carbons (Fsp3) is 0.588. The molecule has 138 valence electrons. The SMILES string of the molecule is CCNC(=NCC(C)(C)OC)NCCc1ccc(OC)cc1Cl.I. The predicted octanol–water partition coefficient (Wildman–Crippen LogP) is 3.49. The molecule has 24 heavy (non-hydrogen) atoms. The van der Waals surface area contributed by atoms with Crippen LogP contribution in [-0.2, 0) is 11.2 Å². The average molecular weight is 470 g/mol. The van der Waals surface area contributed by atoms with Gasteiger partial charge in [-0.1, -0.05) is 17.7 Å². The first-order valence-corrected chi connectivity index (χ1v) is 8.19. The number of halogens is 2. The van der Waals surface area contributed by atoms with Crippen molar-refractivity contribution >= 4 is 41.5 Å². The fourth-order valence-electron chi connectivity index (χ4n) is 1.85. The van der Waals surface area contributed by atoms with E-state index < -0.39 is 0 Å². The van der Waals surface area contributed by atoms with Crippen molar-refractivity contribution in [2.75, 3.05) is 33.9 Å². The molecule has 0 aromatic heterocycles. The Balaban J connectivity index is 0.00000529. The summed E-state index contributed by atoms with van der Waals surface area (Å²) in [6.07, 6.45) is 0.806. The van der Waals surface area contributed by atoms with Gasteiger partial charge in [0.05, 0.1) is 19.3 Å². The molecule has 0 bridgehead atoms. The highest BCUT2D eigenvalue weighted by molar-refractivity contribution is 14.0. The normalized spacial score (nSPS) is 11.7. The molecule has 1 rings (SSSR count). The third-order valence-corrected chi connectivity index (χ3v) is 3.81. The Bertz CT molecular complexity index is 525. The van der Waals surface area contributed by atoms with E-state index in [1.54, 1.807) is 14.2 Å². The van der Waals surface area contributed by atoms with Crippen LogP contribution in [-0.4, -0.2) is 45.4 Å². The van der Waals surface area contributed by atoms with Crippen molar-refractivity contribution in [3.05, 3.63) is 28.8 Å². The van der Waals surface area contributed by atoms with Crippen molar-refractivity contribution in [2.24, 2.45) is 4.99 Å². The first-order chi connectivity index (χ1) is 10.9. The third kappa shape index (κ3) is 8.39. The van der Waals surface area contributed by atoms with Gasteiger partial charge in [0.15, 0.2) is 5.96 Å². The molecule has 0 saturated heterocycles. The summed E-state index contributed by atoms with van der Waals surface area (Å²) in [5.74, 6) is 1.55. The van der Waals surface area contributed by atoms with Crippen LogP contribution in [0.1, 0.15) is 26.3 Å². The van der Waals surface area contributed by atoms with E-state index in [0.29, 0.717) is 11.6 Å². The molecule has 0 spiro atoms. The van der Waals surface area contributed by atoms with Gasteiger partial charge in [0.25, 0.3) is 0 Å². The number of hydrogen-bond acceptors (Lipinski definition) is 3. The summed E-state index contributed by atoms with van der Waals surface area (Å²) in [6.45, 7) is 8.20. The summed E-state index contributed by atoms with van der Waals surface area (Å²) >= 11 is 6.25. The first kappa shape index (κ1) is 23.3. The average Bonchev–Trinajstić information content (AvgIpc) is 2.54. The Hall–Kier alpha value is -0.730. The van der Waals surface area contributed by atoms with E-state index in [1.165, 1.54) is 0 Å². The van der Waals surface area contributed by atoms with Crippen LogP contribution in [0, 0.1) is 0 Å². The Morgan fingerprint density at radius 1 is 1.25 bits per heavy atom. The maximum absolute atomic E-state index is 6.25. The number of hydrogen-bond donors (Lipinski definition) is 2. The van der Waals surface area contributed by atoms with E-state index in [0.717, 1.165) is 36.8 Å². The molecule has 0 fully saturated rings. The number of rotatable bonds is 8. The molecule has 0 aliphatic carbocycles. The van der Waals surface area contributed by atoms with E-state index in [1.807, 2.05) is 39.0 Å². The molecule has 7 heteroatoms. The van der Waals surface area contributed by atoms with Crippen molar-refractivity contribution in [1.29, 1.82) is 0 Å². The Morgan fingerprint density at radius 2 is 1.96 bits per heavy atom. The number of nitrogens with zero attached hydrogens (tertiary/aromatic N) is 1. The number of benzene rings is 1. The van der Waals surface area contributed by atoms with E-state index >= 15 is 0 Å². The minimum Gasteiger partial charge on any atom is -0.497 e. The molecule has 1 aromatic rings. The van der Waals surface area contributed by atoms with Crippen LogP contribution in [0.25, 0.3) is 0 Å². The largest absolute Gasteiger partial charge is 0.497 e. The van der Waals surface area contributed by atoms with Crippen LogP contribution in [0.15, 0.2) is 23.2 Å². The van der Waals surface area contributed by atoms with Crippen molar-refractivity contribution in [1.82, 2.24) is 10.6 Å². The lowest BCUT2D eigenvalue weighted by molar-refractivity contribution is 0.0310. The minimum absolute atomic E-state index is 0. The number of guanidine groups is 1. The zero-order valence-corrected chi connectivity index (χ0v) is 18.2. The van der Waals surface area contributed by atoms with Gasteiger partial charge in [-0.15, -0.1) is 24.0 Å². The van der Waals surface area contributed by atoms with Gasteiger partial charge in [0.1, 0.15) is 5.75 Å². The molecule has 5 nitrogen and oxygen atoms in total. The smallest absolute Gasteiger partial charge is 0.191 e. The van der Waals surface area contributed by atoms with E-state index in [-0.39, 0.29) is 29.6 Å². The summed E-state index contributed by atoms with van der Waals surface area (Å²) in [7, 11) is 3.33. The summed E-state index contributed by atoms with van der Waals surface area (Å²) in [5.41, 5.74) is 0.801. The summed E-state index contributed by atoms with van der Waals surface area (Å²) in [5, 5.41) is 7.26. The van der Waals surface area contributed by atoms with Crippen molar-refractivity contribution < 1.29 is 9.47 Å². The topological polar surface area (TPSA) is 54.9 Å². The molecule has 0 heterocycles. The predicted molar refractivity (Wildman–Crippen MR) is 112 cm³/mol. The van der Waals surface area contributed by atoms with Gasteiger partial charge < -0.3 is 20.1 Å². The van der Waals surface area contributed by atoms with Crippen molar-refractivity contribution in [3.63, 3.8) is 0 Å². The first-order valence-electron chi connectivity index (χ1n) is 7.81. The van der Waals surface area contributed by atoms with E-state index in [4.69, 9.17) is 21.1 Å². The highest BCUT2D eigenvalue weighted by Crippen LogP contribution is 2.22. The zero-order valence-electron chi connectivity index (χ0n) is 15.1. The molecule has 0 saturated carbocycles. The zero-order chi connectivity index (χ0) is 17.3. The van der Waals surface area contributed by atoms with Gasteiger partial charge >= 0.3 is 0 Å². The van der Waals surface area contributed by atoms with E-state index in [2.05, 4.69) is 15.6 Å². The molecule has 0 atom stereocenters. The van der Waals surface area contributed by atoms with Gasteiger partial charge in [0, 0.05) is 25.2 Å². The molecule has 0 aliphatic heterocycles. The second-order valence-corrected chi connectivity index (χ2v) is 6.20. The quantitative estimate of drug-likeness (QED) is 0.348. The van der Waals surface area contributed by atoms with Crippen LogP contribution in [0.3, 0.4) is 0 Å². The standard InChI is InChI=1S/C17H28ClN3O2.HI/c1-6-19-16(21-12-17(2,3)23-5)20-10-9-13-7-8-14(22-4)11-15(13)18;/h7-8,11H,6,9-10,12H2,1-5H3,(H2,19,20,21);1H. The monoisotopic (exact) mass is 469 g/mol. The summed E-state index contributed by atoms with van der Waals surface area (Å²) < 4.78 is 10.5. The minimum atomic E-state index is -0.276. The molecule has 1 aromatic carbocycles. The lowest BCUT2D eigenvalue weighted by Crippen LogP contribution is -2.40. The number of methoxy groups -OCH3 is 2. The molecule has 0 aliphatic rings. The summed E-state index contributed by atoms with van der Waals surface area (Å²) in [4.78, 5) is 4.55. The highest BCUT2D eigenvalue weighted by Gasteiger charge is 2.15. The van der Waals surface area contributed by atoms with Gasteiger partial charge in [0.2, 0.25) is 0 Å². The molecular weight excluding hydrogens is 441 g/mol. The van der Waals surface area contributed by atoms with Crippen molar-refractivity contribution in [3.8, 4) is 5.75 Å². The lowest BCUT2D eigenvalue weighted by Gasteiger charge is -2.21. The third-order valence-electron chi connectivity index (χ3n) is 3.46. The van der Waals surface area contributed by atoms with Gasteiger partial charge in [-0.05, 0) is 44.9 Å². The Morgan fingerprint density at radius 3 is 2.50 bits per heavy atom. The second kappa shape index (κ2) is 11.8. The van der Waals surface area contributed by atoms with Gasteiger partial charge in [-0.2, -0.15) is 0 Å². The lowest BCUT2D eigenvalue weighted by atomic mass is 10.1. The molecule has 2 N–H and O–H groups in total. The summed E-state index contributed by atoms with van der Waals surface area (Å²) in [6, 6.07) is 5.74. The maximum Gasteiger partial charge on any atom is 0.191 e. The van der Waals surface area contributed by atoms with Crippen LogP contribution < -0.4 is 15.4 Å². The number of nitrogens with one attached hydrogen (secondary N) is 2. The molecular formula is C17H29ClIN3O2. The maximum atomic E-state index is 6.25. The molecule has 0 amide bonds. The van der Waals surface area contributed by atoms with Gasteiger partial charge in [-0.3, -0.25) is 4.99 Å². The fourth-order valence-corrected chi connectivity index (χ4v) is 2.11. The van der Waals surface area contributed by atoms with Crippen LogP contribution in [0.2, 0.25) is 5.02 Å². The van der Waals surface area contributed by atoms with Crippen LogP contribution >= 0.6 is 35.6 Å². The van der Waals surface area contributed by atoms with Crippen molar-refractivity contribution in [2.45, 2.75) is 32.8 Å². The highest BCUT2D eigenvalue weighted by atomic mass is 127. The molecule has 0 radical (unpaired) electrons. The Labute approximate surface area is 167 Å². The number of aliphatic imine (C=N–C) groups is 1. The van der Waals surface area contributed by atoms with Crippen LogP contribution in [0.5, 0.6) is 5.75 Å². The van der Waals surface area contributed by atoms with E-state index in [9.17, 15) is 0 Å². The molecule has 0 unspecified atom stereocenters. The Kier molecular flexibility index (Phi) is 11.4. The second-order valence-electron chi connectivity index (χ2n) is 5.79.